The zero-order valence-electron chi connectivity index (χ0n) is 11.3. The molecule has 0 spiro atoms. The highest BCUT2D eigenvalue weighted by atomic mass is 16.2. The van der Waals surface area contributed by atoms with E-state index in [1.807, 2.05) is 4.90 Å². The smallest absolute Gasteiger partial charge is 0.241 e. The van der Waals surface area contributed by atoms with Crippen LogP contribution in [0.5, 0.6) is 0 Å². The third kappa shape index (κ3) is 2.36. The molecule has 0 unspecified atom stereocenters. The topological polar surface area (TPSA) is 98.8 Å². The SMILES string of the molecule is CNc1nc(NCC(=O)N2CCCC2)c2cn[nH]c2n1. The van der Waals surface area contributed by atoms with Gasteiger partial charge in [0.2, 0.25) is 11.9 Å². The summed E-state index contributed by atoms with van der Waals surface area (Å²) in [6.45, 7) is 1.95. The van der Waals surface area contributed by atoms with Gasteiger partial charge in [0.05, 0.1) is 18.1 Å². The van der Waals surface area contributed by atoms with Gasteiger partial charge in [-0.3, -0.25) is 9.89 Å². The number of amides is 1. The van der Waals surface area contributed by atoms with Crippen LogP contribution in [0.25, 0.3) is 11.0 Å². The molecule has 1 fully saturated rings. The number of fused-ring (bicyclic) bond motifs is 1. The van der Waals surface area contributed by atoms with E-state index in [1.54, 1.807) is 13.2 Å². The molecule has 1 aliphatic rings. The molecule has 2 aromatic rings. The fourth-order valence-electron chi connectivity index (χ4n) is 2.32. The van der Waals surface area contributed by atoms with Gasteiger partial charge in [0, 0.05) is 20.1 Å². The molecule has 0 radical (unpaired) electrons. The first-order valence-electron chi connectivity index (χ1n) is 6.68. The second-order valence-corrected chi connectivity index (χ2v) is 4.72. The standard InChI is InChI=1S/C12H17N7O/c1-13-12-16-10(8-6-15-18-11(8)17-12)14-7-9(20)19-4-2-3-5-19/h6H,2-5,7H2,1H3,(H3,13,14,15,16,17,18). The van der Waals surface area contributed by atoms with Gasteiger partial charge < -0.3 is 15.5 Å². The van der Waals surface area contributed by atoms with E-state index in [1.165, 1.54) is 0 Å². The zero-order valence-corrected chi connectivity index (χ0v) is 11.3. The van der Waals surface area contributed by atoms with Crippen LogP contribution in [0.3, 0.4) is 0 Å². The maximum Gasteiger partial charge on any atom is 0.241 e. The van der Waals surface area contributed by atoms with E-state index in [9.17, 15) is 4.79 Å². The molecule has 1 saturated heterocycles. The highest BCUT2D eigenvalue weighted by Gasteiger charge is 2.18. The second-order valence-electron chi connectivity index (χ2n) is 4.72. The molecule has 3 heterocycles. The van der Waals surface area contributed by atoms with Crippen molar-refractivity contribution in [1.82, 2.24) is 25.1 Å². The summed E-state index contributed by atoms with van der Waals surface area (Å²) in [6.07, 6.45) is 3.84. The van der Waals surface area contributed by atoms with Crippen molar-refractivity contribution in [3.05, 3.63) is 6.20 Å². The van der Waals surface area contributed by atoms with Crippen molar-refractivity contribution in [1.29, 1.82) is 0 Å². The van der Waals surface area contributed by atoms with Crippen LogP contribution >= 0.6 is 0 Å². The summed E-state index contributed by atoms with van der Waals surface area (Å²) in [5, 5.41) is 13.5. The molecule has 0 bridgehead atoms. The fraction of sp³-hybridized carbons (Fsp3) is 0.500. The lowest BCUT2D eigenvalue weighted by atomic mass is 10.4. The number of carbonyl (C=O) groups excluding carboxylic acids is 1. The van der Waals surface area contributed by atoms with Crippen LogP contribution in [0.15, 0.2) is 6.20 Å². The lowest BCUT2D eigenvalue weighted by molar-refractivity contribution is -0.128. The maximum atomic E-state index is 12.0. The number of H-pyrrole nitrogens is 1. The Hall–Kier alpha value is -2.38. The van der Waals surface area contributed by atoms with E-state index in [-0.39, 0.29) is 12.5 Å². The van der Waals surface area contributed by atoms with Gasteiger partial charge in [0.1, 0.15) is 5.82 Å². The Bertz CT molecular complexity index is 617. The summed E-state index contributed by atoms with van der Waals surface area (Å²) in [6, 6.07) is 0. The van der Waals surface area contributed by atoms with Gasteiger partial charge in [0.15, 0.2) is 5.65 Å². The Morgan fingerprint density at radius 2 is 2.20 bits per heavy atom. The average Bonchev–Trinajstić information content (AvgIpc) is 3.14. The Balaban J connectivity index is 1.76. The summed E-state index contributed by atoms with van der Waals surface area (Å²) in [4.78, 5) is 22.5. The Morgan fingerprint density at radius 1 is 1.40 bits per heavy atom. The number of nitrogens with zero attached hydrogens (tertiary/aromatic N) is 4. The van der Waals surface area contributed by atoms with Gasteiger partial charge in [-0.15, -0.1) is 0 Å². The normalized spacial score (nSPS) is 14.8. The molecule has 20 heavy (non-hydrogen) atoms. The molecular weight excluding hydrogens is 258 g/mol. The van der Waals surface area contributed by atoms with Gasteiger partial charge >= 0.3 is 0 Å². The summed E-state index contributed by atoms with van der Waals surface area (Å²) in [5.41, 5.74) is 0.639. The van der Waals surface area contributed by atoms with Gasteiger partial charge in [-0.1, -0.05) is 0 Å². The quantitative estimate of drug-likeness (QED) is 0.748. The summed E-state index contributed by atoms with van der Waals surface area (Å²) >= 11 is 0. The van der Waals surface area contributed by atoms with Crippen LogP contribution < -0.4 is 10.6 Å². The predicted molar refractivity (Wildman–Crippen MR) is 75.5 cm³/mol. The van der Waals surface area contributed by atoms with Crippen molar-refractivity contribution in [2.75, 3.05) is 37.3 Å². The van der Waals surface area contributed by atoms with E-state index < -0.39 is 0 Å². The van der Waals surface area contributed by atoms with Crippen molar-refractivity contribution in [2.24, 2.45) is 0 Å². The molecule has 0 aromatic carbocycles. The predicted octanol–water partition coefficient (Wildman–Crippen LogP) is 0.429. The van der Waals surface area contributed by atoms with Crippen molar-refractivity contribution < 1.29 is 4.79 Å². The fourth-order valence-corrected chi connectivity index (χ4v) is 2.32. The van der Waals surface area contributed by atoms with E-state index in [0.29, 0.717) is 17.4 Å². The second kappa shape index (κ2) is 5.32. The summed E-state index contributed by atoms with van der Waals surface area (Å²) < 4.78 is 0. The van der Waals surface area contributed by atoms with Crippen molar-refractivity contribution >= 4 is 28.7 Å². The van der Waals surface area contributed by atoms with Gasteiger partial charge in [0.25, 0.3) is 0 Å². The molecule has 0 atom stereocenters. The van der Waals surface area contributed by atoms with E-state index in [2.05, 4.69) is 30.8 Å². The monoisotopic (exact) mass is 275 g/mol. The minimum absolute atomic E-state index is 0.101. The van der Waals surface area contributed by atoms with Crippen LogP contribution in [0.4, 0.5) is 11.8 Å². The van der Waals surface area contributed by atoms with Crippen molar-refractivity contribution in [2.45, 2.75) is 12.8 Å². The van der Waals surface area contributed by atoms with Crippen LogP contribution in [0, 0.1) is 0 Å². The van der Waals surface area contributed by atoms with E-state index >= 15 is 0 Å². The minimum Gasteiger partial charge on any atom is -0.360 e. The maximum absolute atomic E-state index is 12.0. The number of rotatable bonds is 4. The highest BCUT2D eigenvalue weighted by Crippen LogP contribution is 2.19. The van der Waals surface area contributed by atoms with E-state index in [0.717, 1.165) is 31.3 Å². The molecule has 3 rings (SSSR count). The van der Waals surface area contributed by atoms with Crippen LogP contribution in [0.2, 0.25) is 0 Å². The Morgan fingerprint density at radius 3 is 2.95 bits per heavy atom. The molecule has 0 aliphatic carbocycles. The number of nitrogens with one attached hydrogen (secondary N) is 3. The van der Waals surface area contributed by atoms with Gasteiger partial charge in [-0.25, -0.2) is 0 Å². The number of anilines is 2. The number of hydrogen-bond acceptors (Lipinski definition) is 6. The van der Waals surface area contributed by atoms with Crippen molar-refractivity contribution in [3.63, 3.8) is 0 Å². The molecule has 1 aliphatic heterocycles. The summed E-state index contributed by atoms with van der Waals surface area (Å²) in [7, 11) is 1.75. The Kier molecular flexibility index (Phi) is 3.36. The molecule has 1 amide bonds. The molecular formula is C12H17N7O. The minimum atomic E-state index is 0.101. The summed E-state index contributed by atoms with van der Waals surface area (Å²) in [5.74, 6) is 1.20. The van der Waals surface area contributed by atoms with Gasteiger partial charge in [-0.2, -0.15) is 15.1 Å². The largest absolute Gasteiger partial charge is 0.360 e. The van der Waals surface area contributed by atoms with E-state index in [4.69, 9.17) is 0 Å². The van der Waals surface area contributed by atoms with Gasteiger partial charge in [-0.05, 0) is 12.8 Å². The molecule has 106 valence electrons. The molecule has 8 heteroatoms. The first kappa shape index (κ1) is 12.6. The molecule has 2 aromatic heterocycles. The lowest BCUT2D eigenvalue weighted by Crippen LogP contribution is -2.33. The first-order chi connectivity index (χ1) is 9.78. The molecule has 3 N–H and O–H groups in total. The average molecular weight is 275 g/mol. The van der Waals surface area contributed by atoms with Crippen LogP contribution in [-0.4, -0.2) is 57.7 Å². The zero-order chi connectivity index (χ0) is 13.9. The Labute approximate surface area is 116 Å². The number of aromatic amines is 1. The number of likely N-dealkylation sites (tertiary alicyclic amines) is 1. The third-order valence-corrected chi connectivity index (χ3v) is 3.40. The number of aromatic nitrogens is 4. The number of hydrogen-bond donors (Lipinski definition) is 3. The molecule has 0 saturated carbocycles. The third-order valence-electron chi connectivity index (χ3n) is 3.40. The number of carbonyl (C=O) groups is 1. The highest BCUT2D eigenvalue weighted by molar-refractivity contribution is 5.89. The first-order valence-corrected chi connectivity index (χ1v) is 6.68. The van der Waals surface area contributed by atoms with Crippen molar-refractivity contribution in [3.8, 4) is 0 Å². The lowest BCUT2D eigenvalue weighted by Gasteiger charge is -2.16. The van der Waals surface area contributed by atoms with Crippen LogP contribution in [0.1, 0.15) is 12.8 Å². The van der Waals surface area contributed by atoms with Crippen LogP contribution in [-0.2, 0) is 4.79 Å². The molecule has 8 nitrogen and oxygen atoms in total.